The molecule has 1 aliphatic heterocycles. The van der Waals surface area contributed by atoms with Crippen LogP contribution in [0.3, 0.4) is 0 Å². The molecular weight excluding hydrogens is 552 g/mol. The third-order valence-electron chi connectivity index (χ3n) is 7.16. The van der Waals surface area contributed by atoms with Crippen LogP contribution in [0.15, 0.2) is 67.0 Å². The molecule has 2 aromatic heterocycles. The van der Waals surface area contributed by atoms with Crippen molar-refractivity contribution in [2.75, 3.05) is 12.4 Å². The van der Waals surface area contributed by atoms with Crippen molar-refractivity contribution in [3.05, 3.63) is 106 Å². The van der Waals surface area contributed by atoms with Crippen molar-refractivity contribution in [2.24, 2.45) is 0 Å². The zero-order valence-electron chi connectivity index (χ0n) is 22.1. The number of methoxy groups -OCH3 is 1. The quantitative estimate of drug-likeness (QED) is 0.132. The predicted octanol–water partition coefficient (Wildman–Crippen LogP) is 6.34. The van der Waals surface area contributed by atoms with Crippen LogP contribution < -0.4 is 10.0 Å². The van der Waals surface area contributed by atoms with E-state index in [0.717, 1.165) is 29.5 Å². The number of carbonyl (C=O) groups is 2. The number of pyridine rings is 2. The third-order valence-corrected chi connectivity index (χ3v) is 7.46. The summed E-state index contributed by atoms with van der Waals surface area (Å²) in [6.45, 7) is 0. The Kier molecular flexibility index (Phi) is 8.26. The second-order valence-electron chi connectivity index (χ2n) is 9.84. The number of benzene rings is 2. The van der Waals surface area contributed by atoms with Crippen molar-refractivity contribution in [1.29, 1.82) is 0 Å². The van der Waals surface area contributed by atoms with Crippen LogP contribution in [-0.4, -0.2) is 24.0 Å². The van der Waals surface area contributed by atoms with Crippen molar-refractivity contribution in [1.82, 2.24) is 4.98 Å². The van der Waals surface area contributed by atoms with Gasteiger partial charge in [0, 0.05) is 29.9 Å². The first kappa shape index (κ1) is 28.2. The first-order valence-electron chi connectivity index (χ1n) is 13.1. The van der Waals surface area contributed by atoms with Crippen molar-refractivity contribution in [3.8, 4) is 22.3 Å². The van der Waals surface area contributed by atoms with Crippen LogP contribution in [0.5, 0.6) is 0 Å². The molecule has 2 bridgehead atoms. The maximum absolute atomic E-state index is 14.6. The number of esters is 1. The van der Waals surface area contributed by atoms with Crippen LogP contribution in [0.4, 0.5) is 14.5 Å². The summed E-state index contributed by atoms with van der Waals surface area (Å²) in [4.78, 5) is 29.2. The summed E-state index contributed by atoms with van der Waals surface area (Å²) in [6, 6.07) is 14.3. The molecule has 1 aliphatic rings. The van der Waals surface area contributed by atoms with Gasteiger partial charge >= 0.3 is 5.97 Å². The molecule has 0 spiro atoms. The SMILES string of the molecule is COC(=O)Cc1ccc2c(c1)NC(=O)CCCCC(c1ccc(-c3c(F)ccc(Cl)c3F)c[n+]1[O-])c1cc-2ccn1. The fourth-order valence-corrected chi connectivity index (χ4v) is 5.26. The molecule has 5 rings (SSSR count). The lowest BCUT2D eigenvalue weighted by molar-refractivity contribution is -0.614. The number of amides is 1. The molecule has 0 saturated carbocycles. The predicted molar refractivity (Wildman–Crippen MR) is 150 cm³/mol. The average Bonchev–Trinajstić information content (AvgIpc) is 2.95. The number of aromatic nitrogens is 2. The third kappa shape index (κ3) is 6.05. The molecule has 0 fully saturated rings. The Morgan fingerprint density at radius 3 is 2.73 bits per heavy atom. The van der Waals surface area contributed by atoms with E-state index in [2.05, 4.69) is 10.3 Å². The highest BCUT2D eigenvalue weighted by atomic mass is 35.5. The Balaban J connectivity index is 1.57. The standard InChI is InChI=1S/C31H26ClF2N3O4/c1-41-29(39)15-18-6-8-21-19-12-13-35-25(16-19)22(4-2-3-5-28(38)36-26(21)14-18)27-11-7-20(17-37(27)40)30-24(33)10-9-23(32)31(30)34/h6-14,16-17,22H,2-5,15H2,1H3,(H,36,38). The normalized spacial score (nSPS) is 15.2. The van der Waals surface area contributed by atoms with Gasteiger partial charge in [-0.15, -0.1) is 0 Å². The zero-order valence-corrected chi connectivity index (χ0v) is 22.9. The lowest BCUT2D eigenvalue weighted by Gasteiger charge is -2.20. The van der Waals surface area contributed by atoms with Crippen LogP contribution in [0.1, 0.15) is 48.6 Å². The van der Waals surface area contributed by atoms with E-state index in [1.807, 2.05) is 12.1 Å². The highest BCUT2D eigenvalue weighted by Gasteiger charge is 2.26. The number of hydrogen-bond donors (Lipinski definition) is 1. The first-order valence-corrected chi connectivity index (χ1v) is 13.5. The summed E-state index contributed by atoms with van der Waals surface area (Å²) >= 11 is 5.85. The minimum Gasteiger partial charge on any atom is -0.618 e. The van der Waals surface area contributed by atoms with Crippen molar-refractivity contribution in [2.45, 2.75) is 38.0 Å². The average molecular weight is 578 g/mol. The van der Waals surface area contributed by atoms with Crippen molar-refractivity contribution >= 4 is 29.2 Å². The van der Waals surface area contributed by atoms with Crippen molar-refractivity contribution in [3.63, 3.8) is 0 Å². The lowest BCUT2D eigenvalue weighted by Crippen LogP contribution is -2.34. The van der Waals surface area contributed by atoms with Crippen LogP contribution >= 0.6 is 11.6 Å². The van der Waals surface area contributed by atoms with E-state index in [9.17, 15) is 23.6 Å². The van der Waals surface area contributed by atoms with Crippen LogP contribution in [-0.2, 0) is 20.7 Å². The van der Waals surface area contributed by atoms with E-state index in [1.165, 1.54) is 13.2 Å². The van der Waals surface area contributed by atoms with Gasteiger partial charge in [0.25, 0.3) is 0 Å². The monoisotopic (exact) mass is 577 g/mol. The van der Waals surface area contributed by atoms with Gasteiger partial charge in [0.2, 0.25) is 11.6 Å². The highest BCUT2D eigenvalue weighted by Crippen LogP contribution is 2.35. The number of ether oxygens (including phenoxy) is 1. The number of nitrogens with zero attached hydrogens (tertiary/aromatic N) is 2. The molecule has 0 radical (unpaired) electrons. The molecule has 1 amide bonds. The Morgan fingerprint density at radius 1 is 1.12 bits per heavy atom. The van der Waals surface area contributed by atoms with Crippen LogP contribution in [0, 0.1) is 16.8 Å². The smallest absolute Gasteiger partial charge is 0.309 e. The summed E-state index contributed by atoms with van der Waals surface area (Å²) < 4.78 is 34.5. The van der Waals surface area contributed by atoms with Gasteiger partial charge in [-0.3, -0.25) is 14.6 Å². The zero-order chi connectivity index (χ0) is 29.1. The molecule has 210 valence electrons. The number of fused-ring (bicyclic) bond motifs is 4. The maximum atomic E-state index is 14.6. The molecule has 7 nitrogen and oxygen atoms in total. The summed E-state index contributed by atoms with van der Waals surface area (Å²) in [7, 11) is 1.32. The Bertz CT molecular complexity index is 1650. The molecule has 1 unspecified atom stereocenters. The largest absolute Gasteiger partial charge is 0.618 e. The molecule has 0 aliphatic carbocycles. The summed E-state index contributed by atoms with van der Waals surface area (Å²) in [5.74, 6) is -2.77. The number of anilines is 1. The Hall–Kier alpha value is -4.37. The minimum absolute atomic E-state index is 0.0597. The van der Waals surface area contributed by atoms with E-state index in [4.69, 9.17) is 16.3 Å². The van der Waals surface area contributed by atoms with Gasteiger partial charge in [-0.25, -0.2) is 8.78 Å². The Morgan fingerprint density at radius 2 is 1.95 bits per heavy atom. The van der Waals surface area contributed by atoms with E-state index < -0.39 is 23.5 Å². The minimum atomic E-state index is -0.938. The molecule has 1 atom stereocenters. The fraction of sp³-hybridized carbons (Fsp3) is 0.226. The number of rotatable bonds is 4. The molecule has 41 heavy (non-hydrogen) atoms. The Labute approximate surface area is 240 Å². The van der Waals surface area contributed by atoms with Gasteiger partial charge in [-0.1, -0.05) is 30.2 Å². The number of halogens is 3. The molecule has 1 N–H and O–H groups in total. The molecule has 4 aromatic rings. The van der Waals surface area contributed by atoms with Gasteiger partial charge in [0.05, 0.1) is 41.3 Å². The van der Waals surface area contributed by atoms with Crippen molar-refractivity contribution < 1.29 is 27.8 Å². The number of carbonyl (C=O) groups excluding carboxylic acids is 2. The van der Waals surface area contributed by atoms with E-state index in [0.29, 0.717) is 46.6 Å². The second-order valence-corrected chi connectivity index (χ2v) is 10.2. The summed E-state index contributed by atoms with van der Waals surface area (Å²) in [6.07, 6.45) is 4.81. The molecule has 3 heterocycles. The molecule has 10 heteroatoms. The lowest BCUT2D eigenvalue weighted by atomic mass is 9.90. The fourth-order valence-electron chi connectivity index (χ4n) is 5.10. The van der Waals surface area contributed by atoms with Crippen LogP contribution in [0.2, 0.25) is 5.02 Å². The van der Waals surface area contributed by atoms with Gasteiger partial charge < -0.3 is 15.3 Å². The van der Waals surface area contributed by atoms with E-state index in [1.54, 1.807) is 30.5 Å². The highest BCUT2D eigenvalue weighted by molar-refractivity contribution is 6.31. The van der Waals surface area contributed by atoms with Crippen LogP contribution in [0.25, 0.3) is 22.3 Å². The van der Waals surface area contributed by atoms with Gasteiger partial charge in [0.15, 0.2) is 12.0 Å². The first-order chi connectivity index (χ1) is 19.7. The second kappa shape index (κ2) is 12.0. The van der Waals surface area contributed by atoms with Gasteiger partial charge in [-0.05, 0) is 60.4 Å². The summed E-state index contributed by atoms with van der Waals surface area (Å²) in [5.41, 5.74) is 3.42. The van der Waals surface area contributed by atoms with E-state index >= 15 is 0 Å². The summed E-state index contributed by atoms with van der Waals surface area (Å²) in [5, 5.41) is 16.0. The topological polar surface area (TPSA) is 95.2 Å². The van der Waals surface area contributed by atoms with Gasteiger partial charge in [0.1, 0.15) is 5.82 Å². The molecule has 2 aromatic carbocycles. The molecular formula is C31H26ClF2N3O4. The maximum Gasteiger partial charge on any atom is 0.309 e. The number of nitrogens with one attached hydrogen (secondary N) is 1. The van der Waals surface area contributed by atoms with Gasteiger partial charge in [-0.2, -0.15) is 4.73 Å². The van der Waals surface area contributed by atoms with E-state index in [-0.39, 0.29) is 34.9 Å². The number of hydrogen-bond acceptors (Lipinski definition) is 5. The molecule has 0 saturated heterocycles.